The highest BCUT2D eigenvalue weighted by Crippen LogP contribution is 2.19. The first kappa shape index (κ1) is 26.4. The van der Waals surface area contributed by atoms with E-state index in [-0.39, 0.29) is 12.5 Å². The second-order valence-corrected chi connectivity index (χ2v) is 8.74. The number of nitrogens with zero attached hydrogens (tertiary/aromatic N) is 2. The number of hydrazine groups is 1. The Bertz CT molecular complexity index is 1340. The maximum atomic E-state index is 12.6. The fourth-order valence-electron chi connectivity index (χ4n) is 3.22. The molecule has 0 aliphatic rings. The van der Waals surface area contributed by atoms with E-state index in [0.29, 0.717) is 38.7 Å². The second kappa shape index (κ2) is 12.0. The van der Waals surface area contributed by atoms with Gasteiger partial charge < -0.3 is 10.2 Å². The van der Waals surface area contributed by atoms with Crippen LogP contribution in [-0.4, -0.2) is 48.2 Å². The summed E-state index contributed by atoms with van der Waals surface area (Å²) in [5.41, 5.74) is 8.32. The predicted octanol–water partition coefficient (Wildman–Crippen LogP) is 3.33. The first-order valence-electron chi connectivity index (χ1n) is 11.0. The molecule has 0 radical (unpaired) electrons. The number of carbonyl (C=O) groups excluding carboxylic acids is 3. The van der Waals surface area contributed by atoms with E-state index >= 15 is 0 Å². The average Bonchev–Trinajstić information content (AvgIpc) is 2.82. The number of anilines is 1. The van der Waals surface area contributed by atoms with Crippen LogP contribution in [0.2, 0.25) is 5.02 Å². The summed E-state index contributed by atoms with van der Waals surface area (Å²) in [4.78, 5) is 42.9. The Hall–Kier alpha value is -4.19. The van der Waals surface area contributed by atoms with E-state index in [1.165, 1.54) is 0 Å². The molecule has 3 amide bonds. The Labute approximate surface area is 215 Å². The smallest absolute Gasteiger partial charge is 0.271 e. The Morgan fingerprint density at radius 1 is 0.944 bits per heavy atom. The number of rotatable bonds is 5. The maximum absolute atomic E-state index is 12.6. The van der Waals surface area contributed by atoms with Crippen molar-refractivity contribution in [2.45, 2.75) is 13.8 Å². The summed E-state index contributed by atoms with van der Waals surface area (Å²) in [5, 5.41) is 3.02. The summed E-state index contributed by atoms with van der Waals surface area (Å²) in [7, 11) is 3.62. The lowest BCUT2D eigenvalue weighted by atomic mass is 10.0. The molecule has 36 heavy (non-hydrogen) atoms. The maximum Gasteiger partial charge on any atom is 0.271 e. The monoisotopic (exact) mass is 503 g/mol. The highest BCUT2D eigenvalue weighted by molar-refractivity contribution is 6.34. The van der Waals surface area contributed by atoms with Gasteiger partial charge in [0.05, 0.1) is 17.1 Å². The predicted molar refractivity (Wildman–Crippen MR) is 140 cm³/mol. The van der Waals surface area contributed by atoms with Crippen molar-refractivity contribution < 1.29 is 14.4 Å². The van der Waals surface area contributed by atoms with E-state index in [9.17, 15) is 14.4 Å². The molecule has 0 aliphatic heterocycles. The van der Waals surface area contributed by atoms with E-state index < -0.39 is 11.8 Å². The standard InChI is InChI=1S/C27H26ClN5O3/c1-17-8-11-21(26(35)31-32-27(36)25-18(2)6-5-7-22(25)28)14-20(17)12-9-19-10-13-23(29-15-19)30-24(34)16-33(3)4/h5-8,10-11,13-15H,16H2,1-4H3,(H,31,35)(H,32,36)(H,29,30,34). The molecular weight excluding hydrogens is 478 g/mol. The van der Waals surface area contributed by atoms with Crippen molar-refractivity contribution in [3.63, 3.8) is 0 Å². The van der Waals surface area contributed by atoms with Crippen LogP contribution >= 0.6 is 11.6 Å². The van der Waals surface area contributed by atoms with E-state index in [1.807, 2.05) is 21.0 Å². The van der Waals surface area contributed by atoms with Gasteiger partial charge in [-0.3, -0.25) is 25.2 Å². The van der Waals surface area contributed by atoms with Gasteiger partial charge in [-0.05, 0) is 69.4 Å². The number of amides is 3. The van der Waals surface area contributed by atoms with Gasteiger partial charge in [0.15, 0.2) is 0 Å². The molecule has 3 rings (SSSR count). The van der Waals surface area contributed by atoms with Gasteiger partial charge in [0.2, 0.25) is 5.91 Å². The van der Waals surface area contributed by atoms with Gasteiger partial charge in [0.25, 0.3) is 11.8 Å². The third kappa shape index (κ3) is 7.15. The van der Waals surface area contributed by atoms with E-state index in [0.717, 1.165) is 5.56 Å². The summed E-state index contributed by atoms with van der Waals surface area (Å²) in [6.07, 6.45) is 1.57. The number of nitrogens with one attached hydrogen (secondary N) is 3. The summed E-state index contributed by atoms with van der Waals surface area (Å²) in [6.45, 7) is 3.91. The Morgan fingerprint density at radius 3 is 2.36 bits per heavy atom. The number of carbonyl (C=O) groups is 3. The number of likely N-dealkylation sites (N-methyl/N-ethyl adjacent to an activating group) is 1. The normalized spacial score (nSPS) is 10.3. The fraction of sp³-hybridized carbons (Fsp3) is 0.185. The van der Waals surface area contributed by atoms with E-state index in [1.54, 1.807) is 66.6 Å². The zero-order valence-electron chi connectivity index (χ0n) is 20.4. The molecule has 0 aliphatic carbocycles. The minimum absolute atomic E-state index is 0.157. The molecule has 9 heteroatoms. The van der Waals surface area contributed by atoms with Gasteiger partial charge in [0, 0.05) is 22.9 Å². The van der Waals surface area contributed by atoms with Gasteiger partial charge in [-0.25, -0.2) is 4.98 Å². The summed E-state index contributed by atoms with van der Waals surface area (Å²) < 4.78 is 0. The minimum Gasteiger partial charge on any atom is -0.310 e. The van der Waals surface area contributed by atoms with Crippen LogP contribution in [0.1, 0.15) is 43.0 Å². The quantitative estimate of drug-likeness (QED) is 0.366. The third-order valence-corrected chi connectivity index (χ3v) is 5.39. The molecule has 0 saturated carbocycles. The number of aromatic nitrogens is 1. The lowest BCUT2D eigenvalue weighted by Crippen LogP contribution is -2.42. The number of pyridine rings is 1. The zero-order valence-corrected chi connectivity index (χ0v) is 21.2. The van der Waals surface area contributed by atoms with E-state index in [2.05, 4.69) is 33.0 Å². The van der Waals surface area contributed by atoms with Crippen molar-refractivity contribution in [2.24, 2.45) is 0 Å². The van der Waals surface area contributed by atoms with Crippen molar-refractivity contribution in [2.75, 3.05) is 26.0 Å². The molecule has 8 nitrogen and oxygen atoms in total. The Kier molecular flexibility index (Phi) is 8.79. The molecule has 2 aromatic carbocycles. The summed E-state index contributed by atoms with van der Waals surface area (Å²) in [6, 6.07) is 13.6. The largest absolute Gasteiger partial charge is 0.310 e. The Balaban J connectivity index is 1.67. The number of hydrogen-bond acceptors (Lipinski definition) is 5. The highest BCUT2D eigenvalue weighted by Gasteiger charge is 2.15. The lowest BCUT2D eigenvalue weighted by molar-refractivity contribution is -0.116. The SMILES string of the molecule is Cc1ccc(C(=O)NNC(=O)c2c(C)cccc2Cl)cc1C#Cc1ccc(NC(=O)CN(C)C)nc1. The van der Waals surface area contributed by atoms with Crippen LogP contribution in [0.3, 0.4) is 0 Å². The molecule has 3 N–H and O–H groups in total. The van der Waals surface area contributed by atoms with Gasteiger partial charge >= 0.3 is 0 Å². The van der Waals surface area contributed by atoms with Gasteiger partial charge in [-0.2, -0.15) is 0 Å². The van der Waals surface area contributed by atoms with E-state index in [4.69, 9.17) is 11.6 Å². The molecule has 3 aromatic rings. The molecule has 0 spiro atoms. The Morgan fingerprint density at radius 2 is 1.69 bits per heavy atom. The number of benzene rings is 2. The third-order valence-electron chi connectivity index (χ3n) is 5.07. The molecule has 0 saturated heterocycles. The summed E-state index contributed by atoms with van der Waals surface area (Å²) in [5.74, 6) is 5.35. The summed E-state index contributed by atoms with van der Waals surface area (Å²) >= 11 is 6.12. The number of aryl methyl sites for hydroxylation is 2. The fourth-order valence-corrected chi connectivity index (χ4v) is 3.52. The van der Waals surface area contributed by atoms with Crippen molar-refractivity contribution in [1.29, 1.82) is 0 Å². The molecule has 184 valence electrons. The molecule has 0 atom stereocenters. The number of hydrogen-bond donors (Lipinski definition) is 3. The number of halogens is 1. The van der Waals surface area contributed by atoms with Crippen LogP contribution in [0.25, 0.3) is 0 Å². The second-order valence-electron chi connectivity index (χ2n) is 8.34. The van der Waals surface area contributed by atoms with Crippen LogP contribution in [0.4, 0.5) is 5.82 Å². The molecule has 0 unspecified atom stereocenters. The molecule has 0 bridgehead atoms. The van der Waals surface area contributed by atoms with Crippen molar-refractivity contribution in [1.82, 2.24) is 20.7 Å². The van der Waals surface area contributed by atoms with Gasteiger partial charge in [-0.1, -0.05) is 41.6 Å². The first-order valence-corrected chi connectivity index (χ1v) is 11.4. The average molecular weight is 504 g/mol. The van der Waals surface area contributed by atoms with Crippen LogP contribution in [-0.2, 0) is 4.79 Å². The molecular formula is C27H26ClN5O3. The van der Waals surface area contributed by atoms with Crippen molar-refractivity contribution in [3.05, 3.63) is 93.1 Å². The zero-order chi connectivity index (χ0) is 26.2. The van der Waals surface area contributed by atoms with Gasteiger partial charge in [-0.15, -0.1) is 0 Å². The van der Waals surface area contributed by atoms with Crippen LogP contribution in [0.15, 0.2) is 54.7 Å². The van der Waals surface area contributed by atoms with Crippen molar-refractivity contribution in [3.8, 4) is 11.8 Å². The minimum atomic E-state index is -0.507. The van der Waals surface area contributed by atoms with Crippen molar-refractivity contribution >= 4 is 35.1 Å². The first-order chi connectivity index (χ1) is 17.1. The highest BCUT2D eigenvalue weighted by atomic mass is 35.5. The topological polar surface area (TPSA) is 103 Å². The lowest BCUT2D eigenvalue weighted by Gasteiger charge is -2.11. The van der Waals surface area contributed by atoms with Crippen LogP contribution < -0.4 is 16.2 Å². The van der Waals surface area contributed by atoms with Crippen LogP contribution in [0.5, 0.6) is 0 Å². The molecule has 1 aromatic heterocycles. The van der Waals surface area contributed by atoms with Crippen LogP contribution in [0, 0.1) is 25.7 Å². The molecule has 1 heterocycles. The van der Waals surface area contributed by atoms with Gasteiger partial charge in [0.1, 0.15) is 5.82 Å². The molecule has 0 fully saturated rings.